The van der Waals surface area contributed by atoms with E-state index in [-0.39, 0.29) is 6.42 Å². The zero-order valence-electron chi connectivity index (χ0n) is 25.2. The van der Waals surface area contributed by atoms with Crippen LogP contribution in [-0.2, 0) is 23.7 Å². The van der Waals surface area contributed by atoms with Gasteiger partial charge in [0.2, 0.25) is 0 Å². The van der Waals surface area contributed by atoms with Crippen LogP contribution in [0.5, 0.6) is 0 Å². The summed E-state index contributed by atoms with van der Waals surface area (Å²) in [5.74, 6) is -0.480. The SMILES string of the molecule is CCCCCCCCCCCCCCCCCC(=O)OC[C@H]1O[C@@H](O[C@H]2[C@H](O)[C@@H](O)[C@H](O)O[C@@H]2CO)[C@H](O)[C@@H](O)[C@@H]1O. The number of esters is 1. The highest BCUT2D eigenvalue weighted by Gasteiger charge is 2.50. The molecule has 0 aromatic rings. The standard InChI is InChI=1S/C30H56O12/c1-2-3-4-5-6-7-8-9-10-11-12-13-14-15-16-17-22(32)39-19-21-23(33)24(34)27(37)30(41-21)42-28-20(18-31)40-29(38)26(36)25(28)35/h20-21,23-31,33-38H,2-19H2,1H3/t20-,21-,23-,24+,25-,26-,27-,28-,29-,30+/m1/s1. The molecule has 0 aromatic carbocycles. The van der Waals surface area contributed by atoms with E-state index < -0.39 is 80.6 Å². The fraction of sp³-hybridized carbons (Fsp3) is 0.967. The van der Waals surface area contributed by atoms with Gasteiger partial charge < -0.3 is 54.7 Å². The predicted molar refractivity (Wildman–Crippen MR) is 152 cm³/mol. The number of carbonyl (C=O) groups is 1. The van der Waals surface area contributed by atoms with Gasteiger partial charge in [0.1, 0.15) is 55.4 Å². The first-order valence-electron chi connectivity index (χ1n) is 16.0. The van der Waals surface area contributed by atoms with Gasteiger partial charge in [0.25, 0.3) is 0 Å². The van der Waals surface area contributed by atoms with Crippen LogP contribution in [0.3, 0.4) is 0 Å². The third-order valence-electron chi connectivity index (χ3n) is 8.19. The van der Waals surface area contributed by atoms with E-state index in [0.29, 0.717) is 6.42 Å². The molecule has 10 atom stereocenters. The highest BCUT2D eigenvalue weighted by molar-refractivity contribution is 5.69. The second kappa shape index (κ2) is 20.9. The Bertz CT molecular complexity index is 710. The van der Waals surface area contributed by atoms with E-state index in [4.69, 9.17) is 18.9 Å². The maximum Gasteiger partial charge on any atom is 0.305 e. The average molecular weight is 609 g/mol. The molecule has 0 spiro atoms. The topological polar surface area (TPSA) is 196 Å². The molecule has 12 nitrogen and oxygen atoms in total. The number of hydrogen-bond acceptors (Lipinski definition) is 12. The van der Waals surface area contributed by atoms with Crippen molar-refractivity contribution in [3.63, 3.8) is 0 Å². The molecule has 0 radical (unpaired) electrons. The van der Waals surface area contributed by atoms with Crippen molar-refractivity contribution in [2.45, 2.75) is 171 Å². The second-order valence-corrected chi connectivity index (χ2v) is 11.7. The molecule has 2 heterocycles. The summed E-state index contributed by atoms with van der Waals surface area (Å²) < 4.78 is 21.3. The van der Waals surface area contributed by atoms with Crippen molar-refractivity contribution in [2.24, 2.45) is 0 Å². The Kier molecular flexibility index (Phi) is 18.6. The summed E-state index contributed by atoms with van der Waals surface area (Å²) in [6.07, 6.45) is 2.58. The summed E-state index contributed by atoms with van der Waals surface area (Å²) in [6, 6.07) is 0. The maximum absolute atomic E-state index is 12.2. The normalized spacial score (nSPS) is 33.5. The molecule has 12 heteroatoms. The van der Waals surface area contributed by atoms with Gasteiger partial charge in [-0.05, 0) is 6.42 Å². The van der Waals surface area contributed by atoms with Crippen LogP contribution in [0, 0.1) is 0 Å². The van der Waals surface area contributed by atoms with Crippen molar-refractivity contribution in [1.82, 2.24) is 0 Å². The molecule has 0 aromatic heterocycles. The molecule has 42 heavy (non-hydrogen) atoms. The molecule has 0 saturated carbocycles. The number of unbranched alkanes of at least 4 members (excludes halogenated alkanes) is 14. The van der Waals surface area contributed by atoms with E-state index in [0.717, 1.165) is 19.3 Å². The molecule has 2 saturated heterocycles. The third-order valence-corrected chi connectivity index (χ3v) is 8.19. The summed E-state index contributed by atoms with van der Waals surface area (Å²) in [5.41, 5.74) is 0. The summed E-state index contributed by atoms with van der Waals surface area (Å²) in [4.78, 5) is 12.2. The van der Waals surface area contributed by atoms with Crippen LogP contribution >= 0.6 is 0 Å². The summed E-state index contributed by atoms with van der Waals surface area (Å²) in [6.45, 7) is 1.14. The van der Waals surface area contributed by atoms with Crippen molar-refractivity contribution in [2.75, 3.05) is 13.2 Å². The average Bonchev–Trinajstić information content (AvgIpc) is 2.98. The Morgan fingerprint density at radius 3 is 1.67 bits per heavy atom. The van der Waals surface area contributed by atoms with Crippen LogP contribution in [0.4, 0.5) is 0 Å². The quantitative estimate of drug-likeness (QED) is 0.0732. The highest BCUT2D eigenvalue weighted by atomic mass is 16.7. The Morgan fingerprint density at radius 2 is 1.14 bits per heavy atom. The van der Waals surface area contributed by atoms with Gasteiger partial charge >= 0.3 is 5.97 Å². The monoisotopic (exact) mass is 608 g/mol. The molecule has 0 unspecified atom stereocenters. The lowest BCUT2D eigenvalue weighted by atomic mass is 9.97. The fourth-order valence-corrected chi connectivity index (χ4v) is 5.44. The lowest BCUT2D eigenvalue weighted by Crippen LogP contribution is -2.64. The van der Waals surface area contributed by atoms with Gasteiger partial charge in [-0.25, -0.2) is 0 Å². The summed E-state index contributed by atoms with van der Waals surface area (Å²) in [5, 5.41) is 70.3. The number of rotatable bonds is 21. The van der Waals surface area contributed by atoms with E-state index >= 15 is 0 Å². The van der Waals surface area contributed by atoms with E-state index in [1.165, 1.54) is 70.6 Å². The van der Waals surface area contributed by atoms with E-state index in [9.17, 15) is 40.5 Å². The smallest absolute Gasteiger partial charge is 0.305 e. The van der Waals surface area contributed by atoms with Crippen LogP contribution < -0.4 is 0 Å². The van der Waals surface area contributed by atoms with Gasteiger partial charge in [-0.2, -0.15) is 0 Å². The first kappa shape index (κ1) is 37.3. The van der Waals surface area contributed by atoms with Crippen LogP contribution in [0.1, 0.15) is 110 Å². The van der Waals surface area contributed by atoms with Crippen molar-refractivity contribution in [3.05, 3.63) is 0 Å². The molecule has 0 bridgehead atoms. The molecule has 2 aliphatic heterocycles. The van der Waals surface area contributed by atoms with Crippen LogP contribution in [0.2, 0.25) is 0 Å². The van der Waals surface area contributed by atoms with Gasteiger partial charge in [-0.3, -0.25) is 4.79 Å². The molecular formula is C30H56O12. The van der Waals surface area contributed by atoms with E-state index in [2.05, 4.69) is 6.92 Å². The van der Waals surface area contributed by atoms with E-state index in [1.807, 2.05) is 0 Å². The lowest BCUT2D eigenvalue weighted by molar-refractivity contribution is -0.355. The van der Waals surface area contributed by atoms with Gasteiger partial charge in [0.05, 0.1) is 6.61 Å². The van der Waals surface area contributed by atoms with E-state index in [1.54, 1.807) is 0 Å². The molecule has 0 aliphatic carbocycles. The fourth-order valence-electron chi connectivity index (χ4n) is 5.44. The number of aliphatic hydroxyl groups is 7. The number of ether oxygens (including phenoxy) is 4. The first-order valence-corrected chi connectivity index (χ1v) is 16.0. The summed E-state index contributed by atoms with van der Waals surface area (Å²) >= 11 is 0. The number of aliphatic hydroxyl groups excluding tert-OH is 7. The minimum atomic E-state index is -1.77. The van der Waals surface area contributed by atoms with Crippen molar-refractivity contribution >= 4 is 5.97 Å². The molecular weight excluding hydrogens is 552 g/mol. The highest BCUT2D eigenvalue weighted by Crippen LogP contribution is 2.29. The maximum atomic E-state index is 12.2. The van der Waals surface area contributed by atoms with Crippen molar-refractivity contribution in [3.8, 4) is 0 Å². The zero-order chi connectivity index (χ0) is 30.9. The largest absolute Gasteiger partial charge is 0.463 e. The van der Waals surface area contributed by atoms with Gasteiger partial charge in [0, 0.05) is 6.42 Å². The zero-order valence-corrected chi connectivity index (χ0v) is 25.2. The third kappa shape index (κ3) is 12.6. The van der Waals surface area contributed by atoms with Gasteiger partial charge in [-0.15, -0.1) is 0 Å². The second-order valence-electron chi connectivity index (χ2n) is 11.7. The number of carbonyl (C=O) groups excluding carboxylic acids is 1. The minimum Gasteiger partial charge on any atom is -0.463 e. The Morgan fingerprint density at radius 1 is 0.619 bits per heavy atom. The first-order chi connectivity index (χ1) is 20.2. The minimum absolute atomic E-state index is 0.205. The van der Waals surface area contributed by atoms with Gasteiger partial charge in [0.15, 0.2) is 12.6 Å². The Labute approximate surface area is 249 Å². The molecule has 0 amide bonds. The lowest BCUT2D eigenvalue weighted by Gasteiger charge is -2.45. The molecule has 2 fully saturated rings. The molecule has 2 aliphatic rings. The molecule has 248 valence electrons. The summed E-state index contributed by atoms with van der Waals surface area (Å²) in [7, 11) is 0. The predicted octanol–water partition coefficient (Wildman–Crippen LogP) is 1.42. The number of hydrogen-bond donors (Lipinski definition) is 7. The van der Waals surface area contributed by atoms with Crippen molar-refractivity contribution in [1.29, 1.82) is 0 Å². The molecule has 7 N–H and O–H groups in total. The van der Waals surface area contributed by atoms with Gasteiger partial charge in [-0.1, -0.05) is 96.8 Å². The van der Waals surface area contributed by atoms with Crippen LogP contribution in [-0.4, -0.2) is 116 Å². The van der Waals surface area contributed by atoms with Crippen LogP contribution in [0.25, 0.3) is 0 Å². The molecule has 2 rings (SSSR count). The van der Waals surface area contributed by atoms with Crippen LogP contribution in [0.15, 0.2) is 0 Å². The Hall–Kier alpha value is -0.930. The Balaban J connectivity index is 1.60. The van der Waals surface area contributed by atoms with Crippen molar-refractivity contribution < 1.29 is 59.5 Å².